The molecule has 0 heterocycles. The summed E-state index contributed by atoms with van der Waals surface area (Å²) < 4.78 is 9.52. The van der Waals surface area contributed by atoms with Gasteiger partial charge in [0.2, 0.25) is 0 Å². The van der Waals surface area contributed by atoms with Gasteiger partial charge in [-0.25, -0.2) is 0 Å². The standard InChI is InChI=1S/C15H18O5/c1-11(16)20-14-9-5-3-7-12(14)13(17)8-4-6-10-15(18)19-2/h3,5,7,9H,4,6,8,10H2,1-2H3. The first-order valence-electron chi connectivity index (χ1n) is 6.42. The Bertz CT molecular complexity index is 493. The predicted octanol–water partition coefficient (Wildman–Crippen LogP) is 2.53. The van der Waals surface area contributed by atoms with Crippen LogP contribution in [0.2, 0.25) is 0 Å². The van der Waals surface area contributed by atoms with E-state index in [4.69, 9.17) is 4.74 Å². The summed E-state index contributed by atoms with van der Waals surface area (Å²) in [5.41, 5.74) is 0.390. The fourth-order valence-corrected chi connectivity index (χ4v) is 1.73. The van der Waals surface area contributed by atoms with Crippen molar-refractivity contribution in [1.29, 1.82) is 0 Å². The molecule has 1 aromatic carbocycles. The molecule has 0 unspecified atom stereocenters. The Morgan fingerprint density at radius 3 is 2.35 bits per heavy atom. The molecule has 0 N–H and O–H groups in total. The summed E-state index contributed by atoms with van der Waals surface area (Å²) in [4.78, 5) is 34.0. The molecule has 108 valence electrons. The lowest BCUT2D eigenvalue weighted by atomic mass is 10.0. The lowest BCUT2D eigenvalue weighted by molar-refractivity contribution is -0.140. The predicted molar refractivity (Wildman–Crippen MR) is 72.6 cm³/mol. The Kier molecular flexibility index (Phi) is 6.43. The van der Waals surface area contributed by atoms with Crippen molar-refractivity contribution in [2.75, 3.05) is 7.11 Å². The van der Waals surface area contributed by atoms with Gasteiger partial charge in [0.05, 0.1) is 12.7 Å². The van der Waals surface area contributed by atoms with Crippen LogP contribution in [0.5, 0.6) is 5.75 Å². The third-order valence-corrected chi connectivity index (χ3v) is 2.70. The van der Waals surface area contributed by atoms with Gasteiger partial charge in [0.25, 0.3) is 0 Å². The highest BCUT2D eigenvalue weighted by Crippen LogP contribution is 2.21. The van der Waals surface area contributed by atoms with Crippen LogP contribution >= 0.6 is 0 Å². The Morgan fingerprint density at radius 2 is 1.70 bits per heavy atom. The zero-order valence-corrected chi connectivity index (χ0v) is 11.7. The SMILES string of the molecule is COC(=O)CCCCC(=O)c1ccccc1OC(C)=O. The number of hydrogen-bond acceptors (Lipinski definition) is 5. The van der Waals surface area contributed by atoms with E-state index >= 15 is 0 Å². The highest BCUT2D eigenvalue weighted by atomic mass is 16.5. The second-order valence-electron chi connectivity index (χ2n) is 4.30. The minimum absolute atomic E-state index is 0.105. The Hall–Kier alpha value is -2.17. The molecular weight excluding hydrogens is 260 g/mol. The van der Waals surface area contributed by atoms with Crippen LogP contribution in [-0.2, 0) is 14.3 Å². The molecule has 0 aromatic heterocycles. The molecule has 5 nitrogen and oxygen atoms in total. The minimum atomic E-state index is -0.462. The van der Waals surface area contributed by atoms with Crippen molar-refractivity contribution in [3.63, 3.8) is 0 Å². The maximum Gasteiger partial charge on any atom is 0.308 e. The van der Waals surface area contributed by atoms with E-state index in [0.29, 0.717) is 31.2 Å². The fourth-order valence-electron chi connectivity index (χ4n) is 1.73. The smallest absolute Gasteiger partial charge is 0.308 e. The molecule has 0 spiro atoms. The zero-order valence-electron chi connectivity index (χ0n) is 11.7. The van der Waals surface area contributed by atoms with E-state index in [-0.39, 0.29) is 17.5 Å². The van der Waals surface area contributed by atoms with Gasteiger partial charge in [0.15, 0.2) is 5.78 Å². The molecule has 5 heteroatoms. The number of ketones is 1. The van der Waals surface area contributed by atoms with E-state index in [1.54, 1.807) is 24.3 Å². The third-order valence-electron chi connectivity index (χ3n) is 2.70. The van der Waals surface area contributed by atoms with Gasteiger partial charge < -0.3 is 9.47 Å². The van der Waals surface area contributed by atoms with Crippen molar-refractivity contribution in [2.45, 2.75) is 32.6 Å². The molecule has 0 aliphatic carbocycles. The van der Waals surface area contributed by atoms with E-state index < -0.39 is 5.97 Å². The molecule has 1 aromatic rings. The molecule has 0 aliphatic rings. The lowest BCUT2D eigenvalue weighted by Crippen LogP contribution is -2.08. The molecule has 20 heavy (non-hydrogen) atoms. The van der Waals surface area contributed by atoms with Gasteiger partial charge in [0, 0.05) is 19.8 Å². The Morgan fingerprint density at radius 1 is 1.05 bits per heavy atom. The van der Waals surface area contributed by atoms with Crippen molar-refractivity contribution in [2.24, 2.45) is 0 Å². The molecule has 0 atom stereocenters. The van der Waals surface area contributed by atoms with Gasteiger partial charge >= 0.3 is 11.9 Å². The largest absolute Gasteiger partial charge is 0.469 e. The number of Topliss-reactive ketones (excluding diaryl/α,β-unsaturated/α-hetero) is 1. The molecule has 0 saturated carbocycles. The van der Waals surface area contributed by atoms with Crippen LogP contribution in [0.4, 0.5) is 0 Å². The summed E-state index contributed by atoms with van der Waals surface area (Å²) in [5, 5.41) is 0. The number of unbranched alkanes of at least 4 members (excludes halogenated alkanes) is 1. The number of ether oxygens (including phenoxy) is 2. The first kappa shape index (κ1) is 15.9. The van der Waals surface area contributed by atoms with Crippen LogP contribution in [0, 0.1) is 0 Å². The van der Waals surface area contributed by atoms with Gasteiger partial charge in [-0.3, -0.25) is 14.4 Å². The Labute approximate surface area is 117 Å². The highest BCUT2D eigenvalue weighted by molar-refractivity contribution is 5.99. The van der Waals surface area contributed by atoms with Crippen LogP contribution in [0.3, 0.4) is 0 Å². The van der Waals surface area contributed by atoms with E-state index in [1.807, 2.05) is 0 Å². The molecule has 0 aliphatic heterocycles. The summed E-state index contributed by atoms with van der Waals surface area (Å²) >= 11 is 0. The van der Waals surface area contributed by atoms with Crippen LogP contribution in [-0.4, -0.2) is 24.8 Å². The third kappa shape index (κ3) is 5.22. The van der Waals surface area contributed by atoms with Crippen molar-refractivity contribution in [1.82, 2.24) is 0 Å². The van der Waals surface area contributed by atoms with Gasteiger partial charge in [-0.2, -0.15) is 0 Å². The highest BCUT2D eigenvalue weighted by Gasteiger charge is 2.13. The number of esters is 2. The number of carbonyl (C=O) groups excluding carboxylic acids is 3. The van der Waals surface area contributed by atoms with Crippen molar-refractivity contribution in [3.05, 3.63) is 29.8 Å². The topological polar surface area (TPSA) is 69.7 Å². The average Bonchev–Trinajstić information content (AvgIpc) is 2.43. The maximum absolute atomic E-state index is 12.1. The number of carbonyl (C=O) groups is 3. The number of benzene rings is 1. The summed E-state index contributed by atoms with van der Waals surface area (Å²) in [7, 11) is 1.34. The molecule has 1 rings (SSSR count). The number of methoxy groups -OCH3 is 1. The summed E-state index contributed by atoms with van der Waals surface area (Å²) in [6.45, 7) is 1.29. The normalized spacial score (nSPS) is 9.90. The molecular formula is C15H18O5. The van der Waals surface area contributed by atoms with Gasteiger partial charge in [-0.15, -0.1) is 0 Å². The van der Waals surface area contributed by atoms with Crippen molar-refractivity contribution >= 4 is 17.7 Å². The second kappa shape index (κ2) is 8.09. The quantitative estimate of drug-likeness (QED) is 0.332. The molecule has 0 fully saturated rings. The van der Waals surface area contributed by atoms with Gasteiger partial charge in [-0.1, -0.05) is 12.1 Å². The van der Waals surface area contributed by atoms with Gasteiger partial charge in [0.1, 0.15) is 5.75 Å². The monoisotopic (exact) mass is 278 g/mol. The number of rotatable bonds is 7. The summed E-state index contributed by atoms with van der Waals surface area (Å²) in [6.07, 6.45) is 1.78. The van der Waals surface area contributed by atoms with E-state index in [2.05, 4.69) is 4.74 Å². The van der Waals surface area contributed by atoms with E-state index in [1.165, 1.54) is 14.0 Å². The first-order valence-corrected chi connectivity index (χ1v) is 6.42. The number of hydrogen-bond donors (Lipinski definition) is 0. The number of para-hydroxylation sites is 1. The maximum atomic E-state index is 12.1. The van der Waals surface area contributed by atoms with Crippen LogP contribution < -0.4 is 4.74 Å². The van der Waals surface area contributed by atoms with Crippen molar-refractivity contribution < 1.29 is 23.9 Å². The van der Waals surface area contributed by atoms with Crippen molar-refractivity contribution in [3.8, 4) is 5.75 Å². The molecule has 0 amide bonds. The summed E-state index contributed by atoms with van der Waals surface area (Å²) in [6, 6.07) is 6.63. The Balaban J connectivity index is 2.55. The molecule has 0 saturated heterocycles. The molecule has 0 radical (unpaired) electrons. The van der Waals surface area contributed by atoms with E-state index in [0.717, 1.165) is 0 Å². The zero-order chi connectivity index (χ0) is 15.0. The minimum Gasteiger partial charge on any atom is -0.469 e. The fraction of sp³-hybridized carbons (Fsp3) is 0.400. The van der Waals surface area contributed by atoms with Crippen LogP contribution in [0.25, 0.3) is 0 Å². The van der Waals surface area contributed by atoms with E-state index in [9.17, 15) is 14.4 Å². The van der Waals surface area contributed by atoms with Crippen LogP contribution in [0.15, 0.2) is 24.3 Å². The lowest BCUT2D eigenvalue weighted by Gasteiger charge is -2.07. The molecule has 0 bridgehead atoms. The first-order chi connectivity index (χ1) is 9.54. The average molecular weight is 278 g/mol. The second-order valence-corrected chi connectivity index (χ2v) is 4.30. The van der Waals surface area contributed by atoms with Crippen LogP contribution in [0.1, 0.15) is 43.0 Å². The van der Waals surface area contributed by atoms with Gasteiger partial charge in [-0.05, 0) is 25.0 Å². The summed E-state index contributed by atoms with van der Waals surface area (Å²) in [5.74, 6) is -0.571.